The van der Waals surface area contributed by atoms with Crippen molar-refractivity contribution >= 4 is 0 Å². The monoisotopic (exact) mass is 297 g/mol. The lowest BCUT2D eigenvalue weighted by Crippen LogP contribution is -2.23. The van der Waals surface area contributed by atoms with Gasteiger partial charge in [-0.1, -0.05) is 18.2 Å². The van der Waals surface area contributed by atoms with Gasteiger partial charge in [0, 0.05) is 18.3 Å². The standard InChI is InChI=1S/C16H19N5O/c1-12-10-18-21(11-12)9-8-17-13(2)15-19-20-16(22-15)14-6-4-3-5-7-14/h3-7,10-11,13,17H,8-9H2,1-2H3/t13-/m1/s1. The van der Waals surface area contributed by atoms with Gasteiger partial charge in [0.25, 0.3) is 0 Å². The second-order valence-electron chi connectivity index (χ2n) is 5.27. The van der Waals surface area contributed by atoms with Crippen molar-refractivity contribution in [3.8, 4) is 11.5 Å². The Balaban J connectivity index is 1.56. The van der Waals surface area contributed by atoms with E-state index in [1.165, 1.54) is 0 Å². The molecule has 0 amide bonds. The third-order valence-corrected chi connectivity index (χ3v) is 3.39. The van der Waals surface area contributed by atoms with E-state index in [1.54, 1.807) is 0 Å². The molecule has 0 aliphatic heterocycles. The average molecular weight is 297 g/mol. The fourth-order valence-corrected chi connectivity index (χ4v) is 2.18. The molecule has 0 radical (unpaired) electrons. The maximum Gasteiger partial charge on any atom is 0.247 e. The van der Waals surface area contributed by atoms with Crippen molar-refractivity contribution in [2.45, 2.75) is 26.4 Å². The van der Waals surface area contributed by atoms with E-state index in [1.807, 2.05) is 61.3 Å². The molecule has 1 aromatic carbocycles. The first-order valence-corrected chi connectivity index (χ1v) is 7.33. The molecule has 2 heterocycles. The summed E-state index contributed by atoms with van der Waals surface area (Å²) in [6.45, 7) is 5.63. The Morgan fingerprint density at radius 1 is 1.23 bits per heavy atom. The van der Waals surface area contributed by atoms with Crippen LogP contribution in [0.2, 0.25) is 0 Å². The molecule has 1 atom stereocenters. The Morgan fingerprint density at radius 2 is 2.05 bits per heavy atom. The first kappa shape index (κ1) is 14.5. The molecule has 0 unspecified atom stereocenters. The Bertz CT molecular complexity index is 719. The third-order valence-electron chi connectivity index (χ3n) is 3.39. The molecule has 3 rings (SSSR count). The Kier molecular flexibility index (Phi) is 4.29. The van der Waals surface area contributed by atoms with Crippen molar-refractivity contribution in [2.75, 3.05) is 6.54 Å². The van der Waals surface area contributed by atoms with E-state index in [-0.39, 0.29) is 6.04 Å². The maximum absolute atomic E-state index is 5.73. The predicted octanol–water partition coefficient (Wildman–Crippen LogP) is 2.59. The van der Waals surface area contributed by atoms with E-state index in [2.05, 4.69) is 20.6 Å². The lowest BCUT2D eigenvalue weighted by molar-refractivity contribution is 0.411. The topological polar surface area (TPSA) is 68.8 Å². The first-order valence-electron chi connectivity index (χ1n) is 7.33. The van der Waals surface area contributed by atoms with Gasteiger partial charge in [-0.3, -0.25) is 4.68 Å². The highest BCUT2D eigenvalue weighted by Crippen LogP contribution is 2.19. The quantitative estimate of drug-likeness (QED) is 0.757. The zero-order valence-corrected chi connectivity index (χ0v) is 12.7. The highest BCUT2D eigenvalue weighted by molar-refractivity contribution is 5.51. The smallest absolute Gasteiger partial charge is 0.247 e. The Hall–Kier alpha value is -2.47. The summed E-state index contributed by atoms with van der Waals surface area (Å²) >= 11 is 0. The molecule has 0 saturated heterocycles. The molecule has 0 saturated carbocycles. The predicted molar refractivity (Wildman–Crippen MR) is 83.1 cm³/mol. The van der Waals surface area contributed by atoms with Crippen LogP contribution in [-0.2, 0) is 6.54 Å². The highest BCUT2D eigenvalue weighted by atomic mass is 16.4. The van der Waals surface area contributed by atoms with Gasteiger partial charge in [-0.25, -0.2) is 0 Å². The number of nitrogens with zero attached hydrogens (tertiary/aromatic N) is 4. The summed E-state index contributed by atoms with van der Waals surface area (Å²) in [5.74, 6) is 1.14. The van der Waals surface area contributed by atoms with Crippen LogP contribution in [0.25, 0.3) is 11.5 Å². The zero-order valence-electron chi connectivity index (χ0n) is 12.7. The summed E-state index contributed by atoms with van der Waals surface area (Å²) in [6.07, 6.45) is 3.88. The molecule has 6 heteroatoms. The van der Waals surface area contributed by atoms with Crippen LogP contribution in [-0.4, -0.2) is 26.5 Å². The van der Waals surface area contributed by atoms with E-state index in [0.29, 0.717) is 11.8 Å². The third kappa shape index (κ3) is 3.40. The number of nitrogens with one attached hydrogen (secondary N) is 1. The molecule has 0 aliphatic carbocycles. The molecule has 3 aromatic rings. The Morgan fingerprint density at radius 3 is 2.77 bits per heavy atom. The zero-order chi connectivity index (χ0) is 15.4. The molecular weight excluding hydrogens is 278 g/mol. The van der Waals surface area contributed by atoms with E-state index in [9.17, 15) is 0 Å². The van der Waals surface area contributed by atoms with Gasteiger partial charge in [0.05, 0.1) is 18.8 Å². The average Bonchev–Trinajstić information content (AvgIpc) is 3.17. The SMILES string of the molecule is Cc1cnn(CCN[C@H](C)c2nnc(-c3ccccc3)o2)c1. The van der Waals surface area contributed by atoms with Gasteiger partial charge in [-0.2, -0.15) is 5.10 Å². The summed E-state index contributed by atoms with van der Waals surface area (Å²) in [4.78, 5) is 0. The minimum atomic E-state index is 0.00150. The van der Waals surface area contributed by atoms with Gasteiger partial charge >= 0.3 is 0 Å². The fraction of sp³-hybridized carbons (Fsp3) is 0.312. The van der Waals surface area contributed by atoms with Crippen LogP contribution < -0.4 is 5.32 Å². The van der Waals surface area contributed by atoms with Crippen LogP contribution in [0, 0.1) is 6.92 Å². The van der Waals surface area contributed by atoms with Crippen LogP contribution in [0.5, 0.6) is 0 Å². The second-order valence-corrected chi connectivity index (χ2v) is 5.27. The van der Waals surface area contributed by atoms with Gasteiger partial charge in [-0.05, 0) is 31.5 Å². The molecule has 114 valence electrons. The first-order chi connectivity index (χ1) is 10.7. The van der Waals surface area contributed by atoms with E-state index in [0.717, 1.165) is 24.2 Å². The Labute approximate surface area is 129 Å². The molecule has 1 N–H and O–H groups in total. The molecular formula is C16H19N5O. The van der Waals surface area contributed by atoms with Crippen LogP contribution in [0.15, 0.2) is 47.1 Å². The lowest BCUT2D eigenvalue weighted by atomic mass is 10.2. The second kappa shape index (κ2) is 6.53. The number of benzene rings is 1. The van der Waals surface area contributed by atoms with E-state index in [4.69, 9.17) is 4.42 Å². The molecule has 0 bridgehead atoms. The molecule has 0 fully saturated rings. The number of rotatable bonds is 6. The number of hydrogen-bond acceptors (Lipinski definition) is 5. The number of aryl methyl sites for hydroxylation is 1. The normalized spacial score (nSPS) is 12.5. The minimum Gasteiger partial charge on any atom is -0.419 e. The lowest BCUT2D eigenvalue weighted by Gasteiger charge is -2.09. The van der Waals surface area contributed by atoms with Crippen LogP contribution in [0.1, 0.15) is 24.4 Å². The van der Waals surface area contributed by atoms with Crippen molar-refractivity contribution in [1.29, 1.82) is 0 Å². The van der Waals surface area contributed by atoms with Gasteiger partial charge in [0.1, 0.15) is 0 Å². The minimum absolute atomic E-state index is 0.00150. The van der Waals surface area contributed by atoms with Crippen molar-refractivity contribution in [3.05, 3.63) is 54.2 Å². The van der Waals surface area contributed by atoms with Crippen molar-refractivity contribution < 1.29 is 4.42 Å². The van der Waals surface area contributed by atoms with Crippen molar-refractivity contribution in [1.82, 2.24) is 25.3 Å². The van der Waals surface area contributed by atoms with Crippen molar-refractivity contribution in [2.24, 2.45) is 0 Å². The summed E-state index contributed by atoms with van der Waals surface area (Å²) in [7, 11) is 0. The largest absolute Gasteiger partial charge is 0.419 e. The van der Waals surface area contributed by atoms with E-state index < -0.39 is 0 Å². The van der Waals surface area contributed by atoms with E-state index >= 15 is 0 Å². The summed E-state index contributed by atoms with van der Waals surface area (Å²) in [5, 5.41) is 15.8. The molecule has 0 aliphatic rings. The van der Waals surface area contributed by atoms with Gasteiger partial charge < -0.3 is 9.73 Å². The molecule has 0 spiro atoms. The summed E-state index contributed by atoms with van der Waals surface area (Å²) < 4.78 is 7.65. The van der Waals surface area contributed by atoms with Crippen LogP contribution in [0.4, 0.5) is 0 Å². The summed E-state index contributed by atoms with van der Waals surface area (Å²) in [5.41, 5.74) is 2.10. The highest BCUT2D eigenvalue weighted by Gasteiger charge is 2.14. The number of aromatic nitrogens is 4. The fourth-order valence-electron chi connectivity index (χ4n) is 2.18. The molecule has 2 aromatic heterocycles. The molecule has 6 nitrogen and oxygen atoms in total. The maximum atomic E-state index is 5.73. The van der Waals surface area contributed by atoms with Crippen LogP contribution >= 0.6 is 0 Å². The van der Waals surface area contributed by atoms with Crippen molar-refractivity contribution in [3.63, 3.8) is 0 Å². The van der Waals surface area contributed by atoms with Gasteiger partial charge in [0.15, 0.2) is 0 Å². The van der Waals surface area contributed by atoms with Gasteiger partial charge in [0.2, 0.25) is 11.8 Å². The summed E-state index contributed by atoms with van der Waals surface area (Å²) in [6, 6.07) is 9.77. The number of hydrogen-bond donors (Lipinski definition) is 1. The van der Waals surface area contributed by atoms with Crippen LogP contribution in [0.3, 0.4) is 0 Å². The molecule has 22 heavy (non-hydrogen) atoms. The van der Waals surface area contributed by atoms with Gasteiger partial charge in [-0.15, -0.1) is 10.2 Å².